The molecule has 0 bridgehead atoms. The predicted molar refractivity (Wildman–Crippen MR) is 93.6 cm³/mol. The second-order valence-electron chi connectivity index (χ2n) is 6.08. The van der Waals surface area contributed by atoms with Crippen LogP contribution >= 0.6 is 0 Å². The van der Waals surface area contributed by atoms with Gasteiger partial charge in [-0.1, -0.05) is 95.2 Å². The summed E-state index contributed by atoms with van der Waals surface area (Å²) in [6.45, 7) is 5.93. The molecule has 0 aromatic rings. The zero-order valence-electron chi connectivity index (χ0n) is 13.9. The average molecular weight is 290 g/mol. The summed E-state index contributed by atoms with van der Waals surface area (Å²) in [7, 11) is 0. The minimum atomic E-state index is 0.509. The molecule has 120 valence electrons. The third-order valence-corrected chi connectivity index (χ3v) is 4.11. The van der Waals surface area contributed by atoms with E-state index in [4.69, 9.17) is 4.74 Å². The Labute approximate surface area is 132 Å². The standard InChI is InChI=1S/C20H34O/c1-3-5-7-9-11-12-14-16-18-20-19(21-20)17-15-13-10-8-6-4-2/h4,6,8,13,15,19-20H,2-3,5,7,9-12,14,16-18H2,1H3/b8-6-,15-13-/t19-,20-/m1/s1. The van der Waals surface area contributed by atoms with Crippen LogP contribution in [0.5, 0.6) is 0 Å². The monoisotopic (exact) mass is 290 g/mol. The van der Waals surface area contributed by atoms with Gasteiger partial charge < -0.3 is 4.74 Å². The fourth-order valence-electron chi connectivity index (χ4n) is 2.70. The molecular formula is C20H34O. The van der Waals surface area contributed by atoms with Crippen LogP contribution in [0.2, 0.25) is 0 Å². The van der Waals surface area contributed by atoms with E-state index in [1.807, 2.05) is 12.2 Å². The zero-order valence-corrected chi connectivity index (χ0v) is 13.9. The van der Waals surface area contributed by atoms with Crippen molar-refractivity contribution in [2.45, 2.75) is 89.8 Å². The fourth-order valence-corrected chi connectivity index (χ4v) is 2.70. The van der Waals surface area contributed by atoms with Gasteiger partial charge in [0, 0.05) is 0 Å². The van der Waals surface area contributed by atoms with E-state index in [9.17, 15) is 0 Å². The van der Waals surface area contributed by atoms with Crippen LogP contribution in [-0.2, 0) is 4.74 Å². The summed E-state index contributed by atoms with van der Waals surface area (Å²) < 4.78 is 5.72. The summed E-state index contributed by atoms with van der Waals surface area (Å²) in [5.74, 6) is 0. The van der Waals surface area contributed by atoms with E-state index in [1.54, 1.807) is 0 Å². The van der Waals surface area contributed by atoms with Gasteiger partial charge in [0.05, 0.1) is 12.2 Å². The van der Waals surface area contributed by atoms with Gasteiger partial charge in [-0.25, -0.2) is 0 Å². The first kappa shape index (κ1) is 18.2. The molecule has 0 aliphatic carbocycles. The van der Waals surface area contributed by atoms with E-state index in [-0.39, 0.29) is 0 Å². The van der Waals surface area contributed by atoms with Crippen LogP contribution in [0, 0.1) is 0 Å². The molecule has 1 rings (SSSR count). The molecule has 2 atom stereocenters. The molecule has 1 heterocycles. The number of hydrogen-bond acceptors (Lipinski definition) is 1. The van der Waals surface area contributed by atoms with Gasteiger partial charge in [0.25, 0.3) is 0 Å². The maximum atomic E-state index is 5.72. The lowest BCUT2D eigenvalue weighted by Crippen LogP contribution is -1.93. The Morgan fingerprint density at radius 3 is 2.29 bits per heavy atom. The minimum absolute atomic E-state index is 0.509. The van der Waals surface area contributed by atoms with Gasteiger partial charge >= 0.3 is 0 Å². The van der Waals surface area contributed by atoms with E-state index in [0.717, 1.165) is 12.8 Å². The van der Waals surface area contributed by atoms with Crippen molar-refractivity contribution in [1.82, 2.24) is 0 Å². The van der Waals surface area contributed by atoms with Crippen LogP contribution in [0.25, 0.3) is 0 Å². The predicted octanol–water partition coefficient (Wildman–Crippen LogP) is 6.36. The largest absolute Gasteiger partial charge is 0.369 e. The molecule has 0 amide bonds. The molecule has 1 aliphatic rings. The first-order valence-electron chi connectivity index (χ1n) is 8.96. The molecule has 0 aromatic heterocycles. The zero-order chi connectivity index (χ0) is 15.2. The Morgan fingerprint density at radius 1 is 0.857 bits per heavy atom. The fraction of sp³-hybridized carbons (Fsp3) is 0.700. The first-order chi connectivity index (χ1) is 10.4. The summed E-state index contributed by atoms with van der Waals surface area (Å²) in [5, 5.41) is 0. The third-order valence-electron chi connectivity index (χ3n) is 4.11. The number of epoxide rings is 1. The lowest BCUT2D eigenvalue weighted by atomic mass is 10.1. The first-order valence-corrected chi connectivity index (χ1v) is 8.96. The van der Waals surface area contributed by atoms with Gasteiger partial charge in [-0.2, -0.15) is 0 Å². The van der Waals surface area contributed by atoms with Crippen molar-refractivity contribution in [1.29, 1.82) is 0 Å². The highest BCUT2D eigenvalue weighted by Gasteiger charge is 2.36. The minimum Gasteiger partial charge on any atom is -0.369 e. The normalized spacial score (nSPS) is 21.4. The Balaban J connectivity index is 1.84. The van der Waals surface area contributed by atoms with Crippen molar-refractivity contribution in [2.75, 3.05) is 0 Å². The van der Waals surface area contributed by atoms with Crippen LogP contribution in [0.1, 0.15) is 77.6 Å². The van der Waals surface area contributed by atoms with Gasteiger partial charge in [-0.05, 0) is 19.3 Å². The molecule has 0 aromatic carbocycles. The van der Waals surface area contributed by atoms with Crippen molar-refractivity contribution < 1.29 is 4.74 Å². The van der Waals surface area contributed by atoms with E-state index in [1.165, 1.54) is 57.8 Å². The van der Waals surface area contributed by atoms with Crippen LogP contribution < -0.4 is 0 Å². The van der Waals surface area contributed by atoms with Gasteiger partial charge in [0.15, 0.2) is 0 Å². The van der Waals surface area contributed by atoms with Gasteiger partial charge in [-0.3, -0.25) is 0 Å². The molecule has 0 spiro atoms. The Morgan fingerprint density at radius 2 is 1.57 bits per heavy atom. The van der Waals surface area contributed by atoms with Crippen molar-refractivity contribution >= 4 is 0 Å². The topological polar surface area (TPSA) is 12.5 Å². The number of ether oxygens (including phenoxy) is 1. The van der Waals surface area contributed by atoms with Crippen molar-refractivity contribution in [3.8, 4) is 0 Å². The quantitative estimate of drug-likeness (QED) is 0.157. The molecule has 1 heteroatoms. The Kier molecular flexibility index (Phi) is 11.2. The molecule has 0 saturated carbocycles. The van der Waals surface area contributed by atoms with E-state index >= 15 is 0 Å². The lowest BCUT2D eigenvalue weighted by Gasteiger charge is -2.00. The van der Waals surface area contributed by atoms with Crippen molar-refractivity contribution in [3.05, 3.63) is 37.0 Å². The van der Waals surface area contributed by atoms with Crippen LogP contribution in [0.15, 0.2) is 37.0 Å². The molecule has 21 heavy (non-hydrogen) atoms. The summed E-state index contributed by atoms with van der Waals surface area (Å²) in [4.78, 5) is 0. The van der Waals surface area contributed by atoms with E-state index in [0.29, 0.717) is 12.2 Å². The molecule has 0 radical (unpaired) electrons. The third kappa shape index (κ3) is 10.5. The number of hydrogen-bond donors (Lipinski definition) is 0. The highest BCUT2D eigenvalue weighted by molar-refractivity contribution is 5.02. The highest BCUT2D eigenvalue weighted by Crippen LogP contribution is 2.30. The molecule has 0 unspecified atom stereocenters. The Bertz CT molecular complexity index is 303. The number of rotatable bonds is 14. The molecule has 1 fully saturated rings. The lowest BCUT2D eigenvalue weighted by molar-refractivity contribution is 0.358. The Hall–Kier alpha value is -0.820. The van der Waals surface area contributed by atoms with Crippen LogP contribution in [0.3, 0.4) is 0 Å². The molecule has 1 saturated heterocycles. The van der Waals surface area contributed by atoms with Crippen molar-refractivity contribution in [3.63, 3.8) is 0 Å². The second kappa shape index (κ2) is 12.9. The summed E-state index contributed by atoms with van der Waals surface area (Å²) >= 11 is 0. The highest BCUT2D eigenvalue weighted by atomic mass is 16.6. The summed E-state index contributed by atoms with van der Waals surface area (Å²) in [6.07, 6.45) is 26.0. The molecule has 1 nitrogen and oxygen atoms in total. The van der Waals surface area contributed by atoms with Gasteiger partial charge in [-0.15, -0.1) is 0 Å². The summed E-state index contributed by atoms with van der Waals surface area (Å²) in [6, 6.07) is 0. The number of unbranched alkanes of at least 4 members (excludes halogenated alkanes) is 7. The van der Waals surface area contributed by atoms with E-state index < -0.39 is 0 Å². The van der Waals surface area contributed by atoms with Crippen LogP contribution in [-0.4, -0.2) is 12.2 Å². The second-order valence-corrected chi connectivity index (χ2v) is 6.08. The SMILES string of the molecule is C=C/C=C\C/C=C\C[C@H]1O[C@@H]1CCCCCCCCCC. The summed E-state index contributed by atoms with van der Waals surface area (Å²) in [5.41, 5.74) is 0. The smallest absolute Gasteiger partial charge is 0.0876 e. The molecule has 1 aliphatic heterocycles. The van der Waals surface area contributed by atoms with Gasteiger partial charge in [0.1, 0.15) is 0 Å². The average Bonchev–Trinajstić information content (AvgIpc) is 3.24. The molecular weight excluding hydrogens is 256 g/mol. The van der Waals surface area contributed by atoms with Crippen LogP contribution in [0.4, 0.5) is 0 Å². The van der Waals surface area contributed by atoms with Crippen molar-refractivity contribution in [2.24, 2.45) is 0 Å². The number of allylic oxidation sites excluding steroid dienone is 4. The maximum Gasteiger partial charge on any atom is 0.0876 e. The van der Waals surface area contributed by atoms with E-state index in [2.05, 4.69) is 31.7 Å². The maximum absolute atomic E-state index is 5.72. The van der Waals surface area contributed by atoms with Gasteiger partial charge in [0.2, 0.25) is 0 Å². The molecule has 0 N–H and O–H groups in total.